The smallest absolute Gasteiger partial charge is 0.125 e. The molecule has 0 bridgehead atoms. The van der Waals surface area contributed by atoms with Crippen molar-refractivity contribution < 1.29 is 14.9 Å². The van der Waals surface area contributed by atoms with Gasteiger partial charge in [-0.2, -0.15) is 0 Å². The van der Waals surface area contributed by atoms with Crippen LogP contribution in [0.15, 0.2) is 12.1 Å². The second-order valence-corrected chi connectivity index (χ2v) is 5.55. The first-order valence-electron chi connectivity index (χ1n) is 6.61. The first-order chi connectivity index (χ1) is 9.03. The molecule has 19 heavy (non-hydrogen) atoms. The molecule has 1 aromatic rings. The van der Waals surface area contributed by atoms with Crippen LogP contribution in [0.2, 0.25) is 5.02 Å². The van der Waals surface area contributed by atoms with Crippen LogP contribution in [0.3, 0.4) is 0 Å². The van der Waals surface area contributed by atoms with E-state index < -0.39 is 0 Å². The van der Waals surface area contributed by atoms with Crippen LogP contribution in [-0.4, -0.2) is 30.5 Å². The second kappa shape index (κ2) is 7.73. The Morgan fingerprint density at radius 1 is 1.21 bits per heavy atom. The fourth-order valence-electron chi connectivity index (χ4n) is 2.14. The Balaban J connectivity index is 2.99. The van der Waals surface area contributed by atoms with E-state index in [-0.39, 0.29) is 19.1 Å². The standard InChI is InChI=1S/C15H23ClO3/c1-10(2)14-7-13(16)6-12(15(14)19-3)5-4-11(8-17)9-18/h6-7,10-11,17-18H,4-5,8-9H2,1-3H3. The lowest BCUT2D eigenvalue weighted by atomic mass is 9.94. The largest absolute Gasteiger partial charge is 0.496 e. The maximum Gasteiger partial charge on any atom is 0.125 e. The van der Waals surface area contributed by atoms with Crippen LogP contribution in [0, 0.1) is 5.92 Å². The molecule has 1 rings (SSSR count). The van der Waals surface area contributed by atoms with Gasteiger partial charge in [0.25, 0.3) is 0 Å². The molecule has 3 nitrogen and oxygen atoms in total. The molecule has 0 aliphatic rings. The number of ether oxygens (including phenoxy) is 1. The lowest BCUT2D eigenvalue weighted by Crippen LogP contribution is -2.12. The first-order valence-corrected chi connectivity index (χ1v) is 6.99. The minimum atomic E-state index is -0.0915. The average molecular weight is 287 g/mol. The van der Waals surface area contributed by atoms with Crippen LogP contribution >= 0.6 is 11.6 Å². The monoisotopic (exact) mass is 286 g/mol. The highest BCUT2D eigenvalue weighted by atomic mass is 35.5. The zero-order chi connectivity index (χ0) is 14.4. The number of benzene rings is 1. The fourth-order valence-corrected chi connectivity index (χ4v) is 2.39. The van der Waals surface area contributed by atoms with E-state index >= 15 is 0 Å². The number of halogens is 1. The summed E-state index contributed by atoms with van der Waals surface area (Å²) >= 11 is 6.15. The molecule has 0 saturated carbocycles. The quantitative estimate of drug-likeness (QED) is 0.810. The summed E-state index contributed by atoms with van der Waals surface area (Å²) in [4.78, 5) is 0. The Labute approximate surface area is 120 Å². The summed E-state index contributed by atoms with van der Waals surface area (Å²) in [6.45, 7) is 4.19. The first kappa shape index (κ1) is 16.3. The third-order valence-electron chi connectivity index (χ3n) is 3.32. The molecule has 0 fully saturated rings. The van der Waals surface area contributed by atoms with Gasteiger partial charge in [0.2, 0.25) is 0 Å². The van der Waals surface area contributed by atoms with E-state index in [0.29, 0.717) is 17.4 Å². The molecule has 0 amide bonds. The molecule has 0 aliphatic heterocycles. The van der Waals surface area contributed by atoms with Crippen LogP contribution in [0.5, 0.6) is 5.75 Å². The molecular weight excluding hydrogens is 264 g/mol. The van der Waals surface area contributed by atoms with E-state index in [1.165, 1.54) is 0 Å². The van der Waals surface area contributed by atoms with Crippen molar-refractivity contribution in [3.63, 3.8) is 0 Å². The highest BCUT2D eigenvalue weighted by Gasteiger charge is 2.15. The lowest BCUT2D eigenvalue weighted by Gasteiger charge is -2.18. The summed E-state index contributed by atoms with van der Waals surface area (Å²) in [7, 11) is 1.66. The van der Waals surface area contributed by atoms with Gasteiger partial charge in [-0.15, -0.1) is 0 Å². The molecule has 0 spiro atoms. The van der Waals surface area contributed by atoms with Crippen molar-refractivity contribution in [3.8, 4) is 5.75 Å². The van der Waals surface area contributed by atoms with Crippen LogP contribution in [0.1, 0.15) is 37.3 Å². The van der Waals surface area contributed by atoms with Gasteiger partial charge in [0.15, 0.2) is 0 Å². The van der Waals surface area contributed by atoms with Crippen molar-refractivity contribution in [3.05, 3.63) is 28.3 Å². The molecule has 2 N–H and O–H groups in total. The van der Waals surface area contributed by atoms with Gasteiger partial charge < -0.3 is 14.9 Å². The third-order valence-corrected chi connectivity index (χ3v) is 3.54. The van der Waals surface area contributed by atoms with E-state index in [4.69, 9.17) is 26.6 Å². The predicted octanol–water partition coefficient (Wildman–Crippen LogP) is 3.01. The summed E-state index contributed by atoms with van der Waals surface area (Å²) in [6, 6.07) is 3.84. The van der Waals surface area contributed by atoms with Crippen molar-refractivity contribution in [2.45, 2.75) is 32.6 Å². The van der Waals surface area contributed by atoms with E-state index in [1.807, 2.05) is 12.1 Å². The summed E-state index contributed by atoms with van der Waals surface area (Å²) in [6.07, 6.45) is 1.44. The number of aryl methyl sites for hydroxylation is 1. The van der Waals surface area contributed by atoms with Gasteiger partial charge in [0.05, 0.1) is 7.11 Å². The molecule has 0 atom stereocenters. The number of hydrogen-bond donors (Lipinski definition) is 2. The molecule has 108 valence electrons. The van der Waals surface area contributed by atoms with E-state index in [1.54, 1.807) is 7.11 Å². The normalized spacial score (nSPS) is 11.4. The van der Waals surface area contributed by atoms with Crippen molar-refractivity contribution in [2.75, 3.05) is 20.3 Å². The van der Waals surface area contributed by atoms with Crippen LogP contribution in [0.4, 0.5) is 0 Å². The van der Waals surface area contributed by atoms with Gasteiger partial charge >= 0.3 is 0 Å². The van der Waals surface area contributed by atoms with Gasteiger partial charge in [-0.1, -0.05) is 25.4 Å². The highest BCUT2D eigenvalue weighted by molar-refractivity contribution is 6.30. The zero-order valence-electron chi connectivity index (χ0n) is 11.8. The topological polar surface area (TPSA) is 49.7 Å². The summed E-state index contributed by atoms with van der Waals surface area (Å²) in [5.74, 6) is 1.11. The summed E-state index contributed by atoms with van der Waals surface area (Å²) in [5.41, 5.74) is 2.13. The number of aliphatic hydroxyl groups is 2. The SMILES string of the molecule is COc1c(CCC(CO)CO)cc(Cl)cc1C(C)C. The summed E-state index contributed by atoms with van der Waals surface area (Å²) < 4.78 is 5.51. The van der Waals surface area contributed by atoms with E-state index in [0.717, 1.165) is 23.3 Å². The predicted molar refractivity (Wildman–Crippen MR) is 78.1 cm³/mol. The fraction of sp³-hybridized carbons (Fsp3) is 0.600. The third kappa shape index (κ3) is 4.37. The minimum Gasteiger partial charge on any atom is -0.496 e. The van der Waals surface area contributed by atoms with Gasteiger partial charge in [-0.25, -0.2) is 0 Å². The van der Waals surface area contributed by atoms with Crippen LogP contribution < -0.4 is 4.74 Å². The Hall–Kier alpha value is -0.770. The lowest BCUT2D eigenvalue weighted by molar-refractivity contribution is 0.144. The highest BCUT2D eigenvalue weighted by Crippen LogP contribution is 2.34. The number of rotatable bonds is 7. The van der Waals surface area contributed by atoms with Gasteiger partial charge in [0.1, 0.15) is 5.75 Å². The molecule has 0 radical (unpaired) electrons. The Bertz CT molecular complexity index is 401. The molecular formula is C15H23ClO3. The van der Waals surface area contributed by atoms with E-state index in [9.17, 15) is 0 Å². The Kier molecular flexibility index (Phi) is 6.63. The van der Waals surface area contributed by atoms with Gasteiger partial charge in [0, 0.05) is 24.2 Å². The molecule has 1 aromatic carbocycles. The Morgan fingerprint density at radius 3 is 2.32 bits per heavy atom. The molecule has 0 heterocycles. The molecule has 0 unspecified atom stereocenters. The number of methoxy groups -OCH3 is 1. The van der Waals surface area contributed by atoms with Crippen LogP contribution in [0.25, 0.3) is 0 Å². The van der Waals surface area contributed by atoms with Crippen molar-refractivity contribution in [1.82, 2.24) is 0 Å². The van der Waals surface area contributed by atoms with Crippen molar-refractivity contribution >= 4 is 11.6 Å². The maximum atomic E-state index is 9.11. The van der Waals surface area contributed by atoms with Crippen molar-refractivity contribution in [1.29, 1.82) is 0 Å². The second-order valence-electron chi connectivity index (χ2n) is 5.11. The summed E-state index contributed by atoms with van der Waals surface area (Å²) in [5, 5.41) is 18.9. The van der Waals surface area contributed by atoms with Gasteiger partial charge in [-0.3, -0.25) is 0 Å². The van der Waals surface area contributed by atoms with Crippen LogP contribution in [-0.2, 0) is 6.42 Å². The minimum absolute atomic E-state index is 0.00355. The molecule has 0 saturated heterocycles. The Morgan fingerprint density at radius 2 is 1.84 bits per heavy atom. The number of aliphatic hydroxyl groups excluding tert-OH is 2. The van der Waals surface area contributed by atoms with Gasteiger partial charge in [-0.05, 0) is 42.0 Å². The number of hydrogen-bond acceptors (Lipinski definition) is 3. The maximum absolute atomic E-state index is 9.11. The molecule has 4 heteroatoms. The van der Waals surface area contributed by atoms with E-state index in [2.05, 4.69) is 13.8 Å². The van der Waals surface area contributed by atoms with Crippen molar-refractivity contribution in [2.24, 2.45) is 5.92 Å². The average Bonchev–Trinajstić information content (AvgIpc) is 2.39. The molecule has 0 aromatic heterocycles. The zero-order valence-corrected chi connectivity index (χ0v) is 12.6. The molecule has 0 aliphatic carbocycles.